The minimum Gasteiger partial charge on any atom is -0.451 e. The average molecular weight is 290 g/mol. The van der Waals surface area contributed by atoms with Crippen LogP contribution in [0.2, 0.25) is 0 Å². The summed E-state index contributed by atoms with van der Waals surface area (Å²) in [5.74, 6) is 0.903. The maximum atomic E-state index is 10.8. The van der Waals surface area contributed by atoms with Crippen molar-refractivity contribution in [1.82, 2.24) is 10.2 Å². The maximum absolute atomic E-state index is 10.8. The second-order valence-electron chi connectivity index (χ2n) is 2.97. The first-order valence-electron chi connectivity index (χ1n) is 5.14. The molecule has 0 saturated carbocycles. The van der Waals surface area contributed by atoms with Gasteiger partial charge in [-0.1, -0.05) is 54.8 Å². The van der Waals surface area contributed by atoms with Gasteiger partial charge in [-0.3, -0.25) is 0 Å². The lowest BCUT2D eigenvalue weighted by atomic mass is 10.4. The highest BCUT2D eigenvalue weighted by Crippen LogP contribution is 2.29. The summed E-state index contributed by atoms with van der Waals surface area (Å²) in [5, 5.41) is 8.07. The highest BCUT2D eigenvalue weighted by Gasteiger charge is 2.06. The molecule has 0 fully saturated rings. The molecule has 0 aliphatic rings. The Morgan fingerprint density at radius 1 is 1.47 bits per heavy atom. The van der Waals surface area contributed by atoms with Gasteiger partial charge in [-0.05, 0) is 6.42 Å². The number of hydrogen-bond acceptors (Lipinski definition) is 7. The SMILES string of the molecule is C=CC(=O)OCSc1nnc(SCCCC)s1. The molecule has 0 saturated heterocycles. The van der Waals surface area contributed by atoms with Crippen molar-refractivity contribution in [3.8, 4) is 0 Å². The van der Waals surface area contributed by atoms with Gasteiger partial charge in [0.15, 0.2) is 8.68 Å². The Morgan fingerprint density at radius 2 is 2.18 bits per heavy atom. The van der Waals surface area contributed by atoms with E-state index >= 15 is 0 Å². The van der Waals surface area contributed by atoms with Crippen LogP contribution in [0, 0.1) is 0 Å². The molecule has 0 atom stereocenters. The van der Waals surface area contributed by atoms with Crippen molar-refractivity contribution in [3.05, 3.63) is 12.7 Å². The fourth-order valence-electron chi connectivity index (χ4n) is 0.815. The first-order chi connectivity index (χ1) is 8.26. The molecule has 0 aliphatic carbocycles. The van der Waals surface area contributed by atoms with E-state index in [1.165, 1.54) is 35.9 Å². The van der Waals surface area contributed by atoms with E-state index in [0.717, 1.165) is 20.5 Å². The molecule has 7 heteroatoms. The highest BCUT2D eigenvalue weighted by atomic mass is 32.2. The fraction of sp³-hybridized carbons (Fsp3) is 0.500. The molecule has 4 nitrogen and oxygen atoms in total. The van der Waals surface area contributed by atoms with Crippen molar-refractivity contribution in [2.75, 3.05) is 11.7 Å². The molecule has 0 radical (unpaired) electrons. The molecular weight excluding hydrogens is 276 g/mol. The second-order valence-corrected chi connectivity index (χ2v) is 6.45. The predicted molar refractivity (Wildman–Crippen MR) is 72.6 cm³/mol. The summed E-state index contributed by atoms with van der Waals surface area (Å²) >= 11 is 4.61. The van der Waals surface area contributed by atoms with Crippen LogP contribution in [0.25, 0.3) is 0 Å². The van der Waals surface area contributed by atoms with E-state index in [2.05, 4.69) is 23.7 Å². The summed E-state index contributed by atoms with van der Waals surface area (Å²) in [4.78, 5) is 10.8. The largest absolute Gasteiger partial charge is 0.451 e. The normalized spacial score (nSPS) is 10.2. The van der Waals surface area contributed by atoms with Gasteiger partial charge in [0.05, 0.1) is 0 Å². The Hall–Kier alpha value is -0.530. The van der Waals surface area contributed by atoms with Gasteiger partial charge >= 0.3 is 5.97 Å². The molecule has 0 aromatic carbocycles. The van der Waals surface area contributed by atoms with E-state index in [0.29, 0.717) is 0 Å². The molecule has 1 rings (SSSR count). The first kappa shape index (κ1) is 14.5. The van der Waals surface area contributed by atoms with Gasteiger partial charge in [-0.15, -0.1) is 10.2 Å². The Morgan fingerprint density at radius 3 is 2.82 bits per heavy atom. The number of ether oxygens (including phenoxy) is 1. The first-order valence-corrected chi connectivity index (χ1v) is 7.93. The van der Waals surface area contributed by atoms with Crippen LogP contribution in [0.5, 0.6) is 0 Å². The van der Waals surface area contributed by atoms with Crippen LogP contribution in [0.15, 0.2) is 21.3 Å². The number of carbonyl (C=O) groups excluding carboxylic acids is 1. The van der Waals surface area contributed by atoms with Crippen molar-refractivity contribution in [1.29, 1.82) is 0 Å². The molecule has 94 valence electrons. The monoisotopic (exact) mass is 290 g/mol. The van der Waals surface area contributed by atoms with Gasteiger partial charge in [0, 0.05) is 11.8 Å². The van der Waals surface area contributed by atoms with E-state index in [4.69, 9.17) is 4.74 Å². The molecule has 1 aromatic rings. The van der Waals surface area contributed by atoms with Gasteiger partial charge in [-0.2, -0.15) is 0 Å². The molecule has 0 unspecified atom stereocenters. The predicted octanol–water partition coefficient (Wildman–Crippen LogP) is 3.21. The zero-order valence-electron chi connectivity index (χ0n) is 9.55. The number of thioether (sulfide) groups is 2. The van der Waals surface area contributed by atoms with Crippen LogP contribution >= 0.6 is 34.9 Å². The zero-order valence-corrected chi connectivity index (χ0v) is 12.0. The van der Waals surface area contributed by atoms with Gasteiger partial charge in [-0.25, -0.2) is 4.79 Å². The molecule has 17 heavy (non-hydrogen) atoms. The summed E-state index contributed by atoms with van der Waals surface area (Å²) in [6, 6.07) is 0. The smallest absolute Gasteiger partial charge is 0.330 e. The Labute approximate surface area is 113 Å². The molecule has 0 amide bonds. The van der Waals surface area contributed by atoms with E-state index < -0.39 is 5.97 Å². The van der Waals surface area contributed by atoms with Crippen LogP contribution in [0.4, 0.5) is 0 Å². The lowest BCUT2D eigenvalue weighted by molar-refractivity contribution is -0.135. The Bertz CT molecular complexity index is 368. The highest BCUT2D eigenvalue weighted by molar-refractivity contribution is 8.03. The second kappa shape index (κ2) is 8.54. The quantitative estimate of drug-likeness (QED) is 0.241. The van der Waals surface area contributed by atoms with Crippen molar-refractivity contribution < 1.29 is 9.53 Å². The third kappa shape index (κ3) is 6.09. The molecule has 0 bridgehead atoms. The number of rotatable bonds is 8. The van der Waals surface area contributed by atoms with Crippen LogP contribution in [-0.2, 0) is 9.53 Å². The Balaban J connectivity index is 2.25. The molecule has 0 spiro atoms. The van der Waals surface area contributed by atoms with E-state index in [1.807, 2.05) is 0 Å². The van der Waals surface area contributed by atoms with E-state index in [-0.39, 0.29) is 5.94 Å². The number of carbonyl (C=O) groups is 1. The zero-order chi connectivity index (χ0) is 12.5. The van der Waals surface area contributed by atoms with Crippen LogP contribution in [0.1, 0.15) is 19.8 Å². The molecule has 1 aromatic heterocycles. The summed E-state index contributed by atoms with van der Waals surface area (Å²) < 4.78 is 6.63. The van der Waals surface area contributed by atoms with Crippen molar-refractivity contribution in [2.24, 2.45) is 0 Å². The van der Waals surface area contributed by atoms with Crippen LogP contribution in [0.3, 0.4) is 0 Å². The van der Waals surface area contributed by atoms with Gasteiger partial charge in [0.2, 0.25) is 0 Å². The van der Waals surface area contributed by atoms with Crippen molar-refractivity contribution >= 4 is 40.8 Å². The summed E-state index contributed by atoms with van der Waals surface area (Å²) in [5.41, 5.74) is 0. The van der Waals surface area contributed by atoms with Crippen molar-refractivity contribution in [2.45, 2.75) is 28.4 Å². The maximum Gasteiger partial charge on any atom is 0.330 e. The minimum absolute atomic E-state index is 0.249. The van der Waals surface area contributed by atoms with Gasteiger partial charge in [0.1, 0.15) is 5.94 Å². The summed E-state index contributed by atoms with van der Waals surface area (Å²) in [7, 11) is 0. The number of nitrogens with zero attached hydrogens (tertiary/aromatic N) is 2. The van der Waals surface area contributed by atoms with Crippen LogP contribution in [-0.4, -0.2) is 27.9 Å². The summed E-state index contributed by atoms with van der Waals surface area (Å²) in [6.45, 7) is 5.48. The number of unbranched alkanes of at least 4 members (excludes halogenated alkanes) is 1. The van der Waals surface area contributed by atoms with Crippen LogP contribution < -0.4 is 0 Å². The third-order valence-corrected chi connectivity index (χ3v) is 4.77. The van der Waals surface area contributed by atoms with E-state index in [1.54, 1.807) is 11.8 Å². The standard InChI is InChI=1S/C10H14N2O2S3/c1-3-5-6-15-9-11-12-10(17-9)16-7-14-8(13)4-2/h4H,2-3,5-7H2,1H3. The lowest BCUT2D eigenvalue weighted by Crippen LogP contribution is -1.98. The minimum atomic E-state index is -0.417. The molecular formula is C10H14N2O2S3. The third-order valence-electron chi connectivity index (χ3n) is 1.66. The van der Waals surface area contributed by atoms with Crippen molar-refractivity contribution in [3.63, 3.8) is 0 Å². The Kier molecular flexibility index (Phi) is 7.30. The number of aromatic nitrogens is 2. The van der Waals surface area contributed by atoms with Gasteiger partial charge in [0.25, 0.3) is 0 Å². The average Bonchev–Trinajstić information content (AvgIpc) is 2.77. The number of esters is 1. The molecule has 0 N–H and O–H groups in total. The lowest BCUT2D eigenvalue weighted by Gasteiger charge is -1.97. The molecule has 1 heterocycles. The van der Waals surface area contributed by atoms with Gasteiger partial charge < -0.3 is 4.74 Å². The molecule has 0 aliphatic heterocycles. The van der Waals surface area contributed by atoms with E-state index in [9.17, 15) is 4.79 Å². The topological polar surface area (TPSA) is 52.1 Å². The number of hydrogen-bond donors (Lipinski definition) is 0. The summed E-state index contributed by atoms with van der Waals surface area (Å²) in [6.07, 6.45) is 3.52. The fourth-order valence-corrected chi connectivity index (χ4v) is 3.71.